The van der Waals surface area contributed by atoms with Gasteiger partial charge in [0.2, 0.25) is 0 Å². The SMILES string of the molecule is COC(=O)C1=C(C)NC(C(OC)OC)=C(C(=O)OC)C1c1cccc([N+](=O)[O-])c1. The number of carbonyl (C=O) groups excluding carboxylic acids is 2. The van der Waals surface area contributed by atoms with Crippen molar-refractivity contribution in [1.29, 1.82) is 0 Å². The average Bonchev–Trinajstić information content (AvgIpc) is 2.73. The van der Waals surface area contributed by atoms with Crippen LogP contribution in [0.2, 0.25) is 0 Å². The van der Waals surface area contributed by atoms with Gasteiger partial charge in [0.25, 0.3) is 5.69 Å². The predicted octanol–water partition coefficient (Wildman–Crippen LogP) is 1.77. The van der Waals surface area contributed by atoms with Gasteiger partial charge in [0, 0.05) is 32.0 Å². The molecular formula is C19H22N2O8. The normalized spacial score (nSPS) is 16.6. The molecule has 0 bridgehead atoms. The Hall–Kier alpha value is -3.24. The van der Waals surface area contributed by atoms with E-state index in [-0.39, 0.29) is 22.5 Å². The maximum atomic E-state index is 12.7. The summed E-state index contributed by atoms with van der Waals surface area (Å²) in [7, 11) is 5.16. The standard InChI is InChI=1S/C19H22N2O8/c1-10-13(17(22)26-2)14(11-7-6-8-12(9-11)21(24)25)15(18(23)27-3)16(20-10)19(28-4)29-5/h6-9,14,19-20H,1-5H3. The Morgan fingerprint density at radius 3 is 2.17 bits per heavy atom. The maximum Gasteiger partial charge on any atom is 0.336 e. The number of dihydropyridines is 1. The lowest BCUT2D eigenvalue weighted by molar-refractivity contribution is -0.384. The molecule has 0 amide bonds. The molecule has 0 aromatic heterocycles. The zero-order valence-electron chi connectivity index (χ0n) is 16.7. The number of hydrogen-bond donors (Lipinski definition) is 1. The third kappa shape index (κ3) is 4.28. The second-order valence-corrected chi connectivity index (χ2v) is 6.06. The van der Waals surface area contributed by atoms with E-state index < -0.39 is 29.1 Å². The lowest BCUT2D eigenvalue weighted by Crippen LogP contribution is -2.38. The lowest BCUT2D eigenvalue weighted by Gasteiger charge is -2.33. The van der Waals surface area contributed by atoms with Crippen molar-refractivity contribution in [3.63, 3.8) is 0 Å². The molecule has 0 spiro atoms. The van der Waals surface area contributed by atoms with Crippen molar-refractivity contribution in [2.24, 2.45) is 0 Å². The summed E-state index contributed by atoms with van der Waals surface area (Å²) in [6.45, 7) is 1.62. The summed E-state index contributed by atoms with van der Waals surface area (Å²) in [5, 5.41) is 14.2. The van der Waals surface area contributed by atoms with Crippen LogP contribution in [0.15, 0.2) is 46.8 Å². The van der Waals surface area contributed by atoms with E-state index in [0.717, 1.165) is 0 Å². The number of carbonyl (C=O) groups is 2. The number of benzene rings is 1. The maximum absolute atomic E-state index is 12.7. The van der Waals surface area contributed by atoms with Gasteiger partial charge < -0.3 is 24.3 Å². The first-order chi connectivity index (χ1) is 13.8. The number of esters is 2. The van der Waals surface area contributed by atoms with E-state index in [2.05, 4.69) is 5.32 Å². The Kier molecular flexibility index (Phi) is 7.08. The van der Waals surface area contributed by atoms with Crippen LogP contribution < -0.4 is 5.32 Å². The summed E-state index contributed by atoms with van der Waals surface area (Å²) in [5.74, 6) is -2.45. The van der Waals surface area contributed by atoms with Crippen LogP contribution >= 0.6 is 0 Å². The molecule has 2 rings (SSSR count). The Labute approximate surface area is 167 Å². The molecule has 1 atom stereocenters. The van der Waals surface area contributed by atoms with E-state index in [1.807, 2.05) is 0 Å². The van der Waals surface area contributed by atoms with Crippen molar-refractivity contribution < 1.29 is 33.5 Å². The van der Waals surface area contributed by atoms with Crippen LogP contribution in [0.25, 0.3) is 0 Å². The lowest BCUT2D eigenvalue weighted by atomic mass is 9.80. The number of hydrogen-bond acceptors (Lipinski definition) is 9. The largest absolute Gasteiger partial charge is 0.466 e. The molecule has 1 heterocycles. The van der Waals surface area contributed by atoms with Crippen LogP contribution in [0.4, 0.5) is 5.69 Å². The van der Waals surface area contributed by atoms with Crippen LogP contribution in [0.5, 0.6) is 0 Å². The fraction of sp³-hybridized carbons (Fsp3) is 0.368. The zero-order chi connectivity index (χ0) is 21.7. The van der Waals surface area contributed by atoms with E-state index >= 15 is 0 Å². The van der Waals surface area contributed by atoms with Gasteiger partial charge in [-0.2, -0.15) is 0 Å². The molecule has 1 unspecified atom stereocenters. The fourth-order valence-electron chi connectivity index (χ4n) is 3.24. The van der Waals surface area contributed by atoms with Crippen LogP contribution in [0, 0.1) is 10.1 Å². The highest BCUT2D eigenvalue weighted by molar-refractivity contribution is 6.00. The number of nitrogens with one attached hydrogen (secondary N) is 1. The van der Waals surface area contributed by atoms with Gasteiger partial charge in [0.1, 0.15) is 0 Å². The second-order valence-electron chi connectivity index (χ2n) is 6.06. The Bertz CT molecular complexity index is 886. The number of allylic oxidation sites excluding steroid dienone is 1. The first-order valence-corrected chi connectivity index (χ1v) is 8.49. The molecule has 10 heteroatoms. The zero-order valence-corrected chi connectivity index (χ0v) is 16.7. The number of nitro groups is 1. The van der Waals surface area contributed by atoms with E-state index in [0.29, 0.717) is 11.3 Å². The van der Waals surface area contributed by atoms with Crippen molar-refractivity contribution in [3.8, 4) is 0 Å². The van der Waals surface area contributed by atoms with Crippen LogP contribution in [0.3, 0.4) is 0 Å². The second kappa shape index (κ2) is 9.30. The Morgan fingerprint density at radius 2 is 1.66 bits per heavy atom. The topological polar surface area (TPSA) is 126 Å². The molecule has 156 valence electrons. The van der Waals surface area contributed by atoms with Gasteiger partial charge in [0.05, 0.1) is 41.9 Å². The minimum atomic E-state index is -1.00. The quantitative estimate of drug-likeness (QED) is 0.312. The molecule has 1 aromatic rings. The Morgan fingerprint density at radius 1 is 1.07 bits per heavy atom. The van der Waals surface area contributed by atoms with Gasteiger partial charge in [-0.3, -0.25) is 10.1 Å². The van der Waals surface area contributed by atoms with Gasteiger partial charge in [-0.15, -0.1) is 0 Å². The average molecular weight is 406 g/mol. The minimum absolute atomic E-state index is 0.0210. The summed E-state index contributed by atoms with van der Waals surface area (Å²) in [6.07, 6.45) is -0.973. The molecule has 1 aliphatic rings. The molecule has 1 aliphatic heterocycles. The van der Waals surface area contributed by atoms with E-state index in [4.69, 9.17) is 18.9 Å². The highest BCUT2D eigenvalue weighted by atomic mass is 16.7. The summed E-state index contributed by atoms with van der Waals surface area (Å²) >= 11 is 0. The van der Waals surface area contributed by atoms with Crippen molar-refractivity contribution in [2.45, 2.75) is 19.1 Å². The molecule has 10 nitrogen and oxygen atoms in total. The van der Waals surface area contributed by atoms with Crippen LogP contribution in [-0.4, -0.2) is 51.6 Å². The summed E-state index contributed by atoms with van der Waals surface area (Å²) in [6, 6.07) is 5.66. The molecule has 1 aromatic carbocycles. The smallest absolute Gasteiger partial charge is 0.336 e. The van der Waals surface area contributed by atoms with Gasteiger partial charge in [-0.1, -0.05) is 12.1 Å². The number of rotatable bonds is 7. The number of non-ortho nitro benzene ring substituents is 1. The van der Waals surface area contributed by atoms with Gasteiger partial charge in [0.15, 0.2) is 6.29 Å². The third-order valence-electron chi connectivity index (χ3n) is 4.48. The highest BCUT2D eigenvalue weighted by Gasteiger charge is 2.41. The summed E-state index contributed by atoms with van der Waals surface area (Å²) < 4.78 is 20.4. The van der Waals surface area contributed by atoms with Gasteiger partial charge >= 0.3 is 11.9 Å². The number of nitro benzene ring substituents is 1. The van der Waals surface area contributed by atoms with Crippen LogP contribution in [-0.2, 0) is 28.5 Å². The summed E-state index contributed by atoms with van der Waals surface area (Å²) in [5.41, 5.74) is 0.891. The van der Waals surface area contributed by atoms with Gasteiger partial charge in [-0.05, 0) is 12.5 Å². The Balaban J connectivity index is 2.84. The van der Waals surface area contributed by atoms with Crippen LogP contribution in [0.1, 0.15) is 18.4 Å². The number of methoxy groups -OCH3 is 4. The number of ether oxygens (including phenoxy) is 4. The molecule has 0 fully saturated rings. The van der Waals surface area contributed by atoms with E-state index in [1.54, 1.807) is 13.0 Å². The first kappa shape index (κ1) is 22.1. The predicted molar refractivity (Wildman–Crippen MR) is 101 cm³/mol. The third-order valence-corrected chi connectivity index (χ3v) is 4.48. The van der Waals surface area contributed by atoms with Gasteiger partial charge in [-0.25, -0.2) is 9.59 Å². The van der Waals surface area contributed by atoms with Crippen molar-refractivity contribution in [1.82, 2.24) is 5.32 Å². The van der Waals surface area contributed by atoms with Crippen molar-refractivity contribution >= 4 is 17.6 Å². The van der Waals surface area contributed by atoms with E-state index in [1.165, 1.54) is 46.6 Å². The van der Waals surface area contributed by atoms with E-state index in [9.17, 15) is 19.7 Å². The molecule has 1 N–H and O–H groups in total. The monoisotopic (exact) mass is 406 g/mol. The van der Waals surface area contributed by atoms with Crippen molar-refractivity contribution in [3.05, 3.63) is 62.5 Å². The molecule has 29 heavy (non-hydrogen) atoms. The van der Waals surface area contributed by atoms with Crippen molar-refractivity contribution in [2.75, 3.05) is 28.4 Å². The summed E-state index contributed by atoms with van der Waals surface area (Å²) in [4.78, 5) is 36.0. The molecule has 0 aliphatic carbocycles. The minimum Gasteiger partial charge on any atom is -0.466 e. The molecular weight excluding hydrogens is 384 g/mol. The molecule has 0 saturated heterocycles. The highest BCUT2D eigenvalue weighted by Crippen LogP contribution is 2.41. The first-order valence-electron chi connectivity index (χ1n) is 8.49. The number of nitrogens with zero attached hydrogens (tertiary/aromatic N) is 1. The molecule has 0 radical (unpaired) electrons. The fourth-order valence-corrected chi connectivity index (χ4v) is 3.24. The molecule has 0 saturated carbocycles.